The molecule has 0 aromatic carbocycles. The zero-order valence-corrected chi connectivity index (χ0v) is 12.2. The normalized spacial score (nSPS) is 29.9. The van der Waals surface area contributed by atoms with Crippen LogP contribution in [0.5, 0.6) is 0 Å². The number of nitrogens with zero attached hydrogens (tertiary/aromatic N) is 2. The van der Waals surface area contributed by atoms with Gasteiger partial charge in [-0.25, -0.2) is 9.97 Å². The van der Waals surface area contributed by atoms with Crippen LogP contribution in [0.1, 0.15) is 19.3 Å². The second-order valence-corrected chi connectivity index (χ2v) is 6.17. The Morgan fingerprint density at radius 1 is 1.35 bits per heavy atom. The SMILES string of the molecule is O=C(Nc1ncc(Br)nc1Br)C1C2CCCC21. The van der Waals surface area contributed by atoms with Crippen molar-refractivity contribution in [2.75, 3.05) is 5.32 Å². The zero-order chi connectivity index (χ0) is 12.0. The van der Waals surface area contributed by atoms with E-state index in [0.29, 0.717) is 26.9 Å². The summed E-state index contributed by atoms with van der Waals surface area (Å²) in [5.74, 6) is 2.05. The minimum Gasteiger partial charge on any atom is -0.308 e. The number of hydrogen-bond donors (Lipinski definition) is 1. The third kappa shape index (κ3) is 2.12. The highest BCUT2D eigenvalue weighted by Gasteiger charge is 2.56. The summed E-state index contributed by atoms with van der Waals surface area (Å²) in [6.07, 6.45) is 5.26. The topological polar surface area (TPSA) is 54.9 Å². The van der Waals surface area contributed by atoms with Crippen molar-refractivity contribution in [3.8, 4) is 0 Å². The lowest BCUT2D eigenvalue weighted by Gasteiger charge is -2.07. The van der Waals surface area contributed by atoms with Crippen LogP contribution in [0.2, 0.25) is 0 Å². The van der Waals surface area contributed by atoms with Crippen LogP contribution < -0.4 is 5.32 Å². The number of carbonyl (C=O) groups is 1. The van der Waals surface area contributed by atoms with E-state index in [9.17, 15) is 4.79 Å². The Hall–Kier alpha value is -0.490. The predicted molar refractivity (Wildman–Crippen MR) is 70.4 cm³/mol. The predicted octanol–water partition coefficient (Wildman–Crippen LogP) is 2.99. The Balaban J connectivity index is 1.69. The molecule has 0 bridgehead atoms. The fourth-order valence-corrected chi connectivity index (χ4v) is 3.75. The van der Waals surface area contributed by atoms with Crippen LogP contribution >= 0.6 is 31.9 Å². The smallest absolute Gasteiger partial charge is 0.229 e. The molecule has 6 heteroatoms. The Morgan fingerprint density at radius 2 is 2.06 bits per heavy atom. The third-order valence-corrected chi connectivity index (χ3v) is 4.59. The summed E-state index contributed by atoms with van der Waals surface area (Å²) in [6.45, 7) is 0. The summed E-state index contributed by atoms with van der Waals surface area (Å²) >= 11 is 6.51. The van der Waals surface area contributed by atoms with E-state index in [0.717, 1.165) is 0 Å². The van der Waals surface area contributed by atoms with Crippen LogP contribution in [-0.4, -0.2) is 15.9 Å². The molecule has 17 heavy (non-hydrogen) atoms. The van der Waals surface area contributed by atoms with Crippen molar-refractivity contribution in [1.82, 2.24) is 9.97 Å². The van der Waals surface area contributed by atoms with Gasteiger partial charge in [0.2, 0.25) is 5.91 Å². The highest BCUT2D eigenvalue weighted by atomic mass is 79.9. The van der Waals surface area contributed by atoms with Gasteiger partial charge in [0.1, 0.15) is 9.21 Å². The van der Waals surface area contributed by atoms with Crippen LogP contribution in [0.3, 0.4) is 0 Å². The molecule has 1 aromatic heterocycles. The Morgan fingerprint density at radius 3 is 2.71 bits per heavy atom. The van der Waals surface area contributed by atoms with E-state index in [1.807, 2.05) is 0 Å². The van der Waals surface area contributed by atoms with Crippen LogP contribution in [-0.2, 0) is 4.79 Å². The molecular formula is C11H11Br2N3O. The number of aromatic nitrogens is 2. The molecular weight excluding hydrogens is 350 g/mol. The quantitative estimate of drug-likeness (QED) is 0.882. The van der Waals surface area contributed by atoms with E-state index in [1.54, 1.807) is 6.20 Å². The highest BCUT2D eigenvalue weighted by Crippen LogP contribution is 2.57. The standard InChI is InChI=1S/C11H11Br2N3O/c12-7-4-14-10(9(13)15-7)16-11(17)8-5-2-1-3-6(5)8/h4-6,8H,1-3H2,(H,14,16,17). The third-order valence-electron chi connectivity index (χ3n) is 3.65. The number of halogens is 2. The molecule has 4 nitrogen and oxygen atoms in total. The average molecular weight is 361 g/mol. The van der Waals surface area contributed by atoms with E-state index >= 15 is 0 Å². The van der Waals surface area contributed by atoms with Gasteiger partial charge in [0.25, 0.3) is 0 Å². The van der Waals surface area contributed by atoms with Gasteiger partial charge in [-0.3, -0.25) is 4.79 Å². The van der Waals surface area contributed by atoms with Crippen molar-refractivity contribution >= 4 is 43.6 Å². The molecule has 90 valence electrons. The molecule has 2 aliphatic carbocycles. The molecule has 2 saturated carbocycles. The second kappa shape index (κ2) is 4.31. The van der Waals surface area contributed by atoms with Crippen molar-refractivity contribution in [3.05, 3.63) is 15.4 Å². The lowest BCUT2D eigenvalue weighted by Crippen LogP contribution is -2.18. The van der Waals surface area contributed by atoms with Gasteiger partial charge in [-0.2, -0.15) is 0 Å². The first-order valence-electron chi connectivity index (χ1n) is 5.65. The molecule has 0 radical (unpaired) electrons. The van der Waals surface area contributed by atoms with Crippen molar-refractivity contribution in [3.63, 3.8) is 0 Å². The van der Waals surface area contributed by atoms with Crippen molar-refractivity contribution in [1.29, 1.82) is 0 Å². The van der Waals surface area contributed by atoms with Crippen LogP contribution in [0.15, 0.2) is 15.4 Å². The van der Waals surface area contributed by atoms with E-state index < -0.39 is 0 Å². The van der Waals surface area contributed by atoms with Gasteiger partial charge in [-0.05, 0) is 56.5 Å². The zero-order valence-electron chi connectivity index (χ0n) is 8.99. The maximum atomic E-state index is 12.0. The molecule has 1 aromatic rings. The number of carbonyl (C=O) groups excluding carboxylic acids is 1. The summed E-state index contributed by atoms with van der Waals surface area (Å²) < 4.78 is 1.21. The van der Waals surface area contributed by atoms with Crippen LogP contribution in [0.4, 0.5) is 5.82 Å². The van der Waals surface area contributed by atoms with Gasteiger partial charge in [0.15, 0.2) is 5.82 Å². The number of anilines is 1. The summed E-state index contributed by atoms with van der Waals surface area (Å²) in [7, 11) is 0. The fraction of sp³-hybridized carbons (Fsp3) is 0.545. The molecule has 0 saturated heterocycles. The molecule has 1 heterocycles. The molecule has 0 spiro atoms. The maximum absolute atomic E-state index is 12.0. The molecule has 2 atom stereocenters. The molecule has 2 unspecified atom stereocenters. The first kappa shape index (κ1) is 11.6. The highest BCUT2D eigenvalue weighted by molar-refractivity contribution is 9.11. The van der Waals surface area contributed by atoms with E-state index in [2.05, 4.69) is 47.1 Å². The summed E-state index contributed by atoms with van der Waals surface area (Å²) in [5, 5.41) is 2.85. The van der Waals surface area contributed by atoms with Gasteiger partial charge < -0.3 is 5.32 Å². The number of fused-ring (bicyclic) bond motifs is 1. The lowest BCUT2D eigenvalue weighted by atomic mass is 10.1. The maximum Gasteiger partial charge on any atom is 0.229 e. The largest absolute Gasteiger partial charge is 0.308 e. The first-order chi connectivity index (χ1) is 8.16. The van der Waals surface area contributed by atoms with Crippen LogP contribution in [0, 0.1) is 17.8 Å². The molecule has 0 aliphatic heterocycles. The van der Waals surface area contributed by atoms with Crippen molar-refractivity contribution in [2.24, 2.45) is 17.8 Å². The lowest BCUT2D eigenvalue weighted by molar-refractivity contribution is -0.118. The summed E-state index contributed by atoms with van der Waals surface area (Å²) in [5.41, 5.74) is 0. The Labute approximate surface area is 116 Å². The molecule has 2 aliphatic rings. The first-order valence-corrected chi connectivity index (χ1v) is 7.24. The number of rotatable bonds is 2. The summed E-state index contributed by atoms with van der Waals surface area (Å²) in [6, 6.07) is 0. The molecule has 1 N–H and O–H groups in total. The minimum absolute atomic E-state index is 0.0945. The monoisotopic (exact) mass is 359 g/mol. The number of hydrogen-bond acceptors (Lipinski definition) is 3. The Bertz CT molecular complexity index is 470. The summed E-state index contributed by atoms with van der Waals surface area (Å²) in [4.78, 5) is 20.3. The van der Waals surface area contributed by atoms with Crippen LogP contribution in [0.25, 0.3) is 0 Å². The van der Waals surface area contributed by atoms with Gasteiger partial charge in [-0.15, -0.1) is 0 Å². The fourth-order valence-electron chi connectivity index (χ4n) is 2.84. The van der Waals surface area contributed by atoms with Crippen molar-refractivity contribution in [2.45, 2.75) is 19.3 Å². The van der Waals surface area contributed by atoms with Gasteiger partial charge in [0, 0.05) is 5.92 Å². The number of nitrogens with one attached hydrogen (secondary N) is 1. The van der Waals surface area contributed by atoms with Gasteiger partial charge >= 0.3 is 0 Å². The molecule has 2 fully saturated rings. The number of amides is 1. The molecule has 3 rings (SSSR count). The van der Waals surface area contributed by atoms with Gasteiger partial charge in [-0.1, -0.05) is 6.42 Å². The van der Waals surface area contributed by atoms with E-state index in [1.165, 1.54) is 19.3 Å². The van der Waals surface area contributed by atoms with Crippen molar-refractivity contribution < 1.29 is 4.79 Å². The average Bonchev–Trinajstić information content (AvgIpc) is 2.77. The van der Waals surface area contributed by atoms with E-state index in [-0.39, 0.29) is 11.8 Å². The Kier molecular flexibility index (Phi) is 2.94. The second-order valence-electron chi connectivity index (χ2n) is 4.61. The van der Waals surface area contributed by atoms with Gasteiger partial charge in [0.05, 0.1) is 6.20 Å². The van der Waals surface area contributed by atoms with E-state index in [4.69, 9.17) is 0 Å². The minimum atomic E-state index is 0.0945. The molecule has 1 amide bonds.